The maximum absolute atomic E-state index is 6.05. The van der Waals surface area contributed by atoms with Gasteiger partial charge in [0.25, 0.3) is 0 Å². The largest absolute Gasteiger partial charge is 0.317 e. The van der Waals surface area contributed by atoms with Gasteiger partial charge in [0, 0.05) is 27.0 Å². The summed E-state index contributed by atoms with van der Waals surface area (Å²) in [5, 5.41) is 4.50. The molecule has 1 heterocycles. The van der Waals surface area contributed by atoms with Crippen LogP contribution in [0.15, 0.2) is 18.2 Å². The van der Waals surface area contributed by atoms with Crippen LogP contribution in [0.2, 0.25) is 10.0 Å². The van der Waals surface area contributed by atoms with E-state index >= 15 is 0 Å². The highest BCUT2D eigenvalue weighted by molar-refractivity contribution is 6.35. The smallest absolute Gasteiger partial charge is 0.159 e. The molecule has 5 heteroatoms. The molecule has 3 nitrogen and oxygen atoms in total. The second-order valence-corrected chi connectivity index (χ2v) is 5.83. The van der Waals surface area contributed by atoms with Gasteiger partial charge in [-0.3, -0.25) is 0 Å². The van der Waals surface area contributed by atoms with Gasteiger partial charge >= 0.3 is 0 Å². The van der Waals surface area contributed by atoms with Gasteiger partial charge in [0.1, 0.15) is 0 Å². The Hall–Kier alpha value is -1.16. The minimum atomic E-state index is 0.590. The lowest BCUT2D eigenvalue weighted by molar-refractivity contribution is 0.708. The number of likely N-dealkylation sites (N-methyl/N-ethyl adjacent to an activating group) is 1. The fraction of sp³-hybridized carbons (Fsp3) is 0.375. The van der Waals surface area contributed by atoms with Crippen LogP contribution in [0.4, 0.5) is 0 Å². The van der Waals surface area contributed by atoms with Crippen molar-refractivity contribution in [1.29, 1.82) is 0 Å². The lowest BCUT2D eigenvalue weighted by Gasteiger charge is -2.11. The van der Waals surface area contributed by atoms with Crippen molar-refractivity contribution >= 4 is 23.2 Å². The van der Waals surface area contributed by atoms with Crippen LogP contribution >= 0.6 is 23.2 Å². The van der Waals surface area contributed by atoms with Gasteiger partial charge < -0.3 is 5.32 Å². The number of hydrogen-bond donors (Lipinski definition) is 1. The van der Waals surface area contributed by atoms with Gasteiger partial charge in [-0.2, -0.15) is 0 Å². The predicted molar refractivity (Wildman–Crippen MR) is 89.2 cm³/mol. The minimum Gasteiger partial charge on any atom is -0.317 e. The summed E-state index contributed by atoms with van der Waals surface area (Å²) in [6.07, 6.45) is 0.933. The van der Waals surface area contributed by atoms with Crippen molar-refractivity contribution in [3.63, 3.8) is 0 Å². The molecule has 2 rings (SSSR count). The first-order valence-corrected chi connectivity index (χ1v) is 7.78. The summed E-state index contributed by atoms with van der Waals surface area (Å²) in [5.74, 6) is 0.668. The van der Waals surface area contributed by atoms with Crippen LogP contribution < -0.4 is 5.32 Å². The van der Waals surface area contributed by atoms with Gasteiger partial charge in [0.2, 0.25) is 0 Å². The van der Waals surface area contributed by atoms with Crippen LogP contribution in [0.25, 0.3) is 11.4 Å². The lowest BCUT2D eigenvalue weighted by atomic mass is 10.1. The Morgan fingerprint density at radius 2 is 1.57 bits per heavy atom. The van der Waals surface area contributed by atoms with E-state index in [9.17, 15) is 0 Å². The molecule has 1 N–H and O–H groups in total. The number of rotatable bonds is 5. The maximum atomic E-state index is 6.05. The number of hydrogen-bond acceptors (Lipinski definition) is 3. The Balaban J connectivity index is 2.34. The zero-order valence-electron chi connectivity index (χ0n) is 12.5. The molecule has 0 bridgehead atoms. The summed E-state index contributed by atoms with van der Waals surface area (Å²) in [4.78, 5) is 9.22. The van der Waals surface area contributed by atoms with E-state index in [0.717, 1.165) is 36.5 Å². The summed E-state index contributed by atoms with van der Waals surface area (Å²) >= 11 is 12.1. The van der Waals surface area contributed by atoms with E-state index in [0.29, 0.717) is 15.9 Å². The molecule has 0 saturated heterocycles. The van der Waals surface area contributed by atoms with E-state index in [1.165, 1.54) is 5.56 Å². The summed E-state index contributed by atoms with van der Waals surface area (Å²) in [7, 11) is 0. The van der Waals surface area contributed by atoms with E-state index in [1.54, 1.807) is 6.07 Å². The molecule has 0 fully saturated rings. The van der Waals surface area contributed by atoms with Crippen molar-refractivity contribution in [2.24, 2.45) is 0 Å². The van der Waals surface area contributed by atoms with Gasteiger partial charge in [-0.1, -0.05) is 30.1 Å². The number of benzene rings is 1. The number of aryl methyl sites for hydroxylation is 2. The molecular formula is C16H19Cl2N3. The van der Waals surface area contributed by atoms with Crippen molar-refractivity contribution in [2.45, 2.75) is 27.2 Å². The van der Waals surface area contributed by atoms with E-state index in [4.69, 9.17) is 23.2 Å². The molecule has 21 heavy (non-hydrogen) atoms. The van der Waals surface area contributed by atoms with Crippen LogP contribution in [0.1, 0.15) is 23.9 Å². The van der Waals surface area contributed by atoms with Gasteiger partial charge in [-0.25, -0.2) is 9.97 Å². The summed E-state index contributed by atoms with van der Waals surface area (Å²) in [6.45, 7) is 8.04. The molecule has 0 unspecified atom stereocenters. The predicted octanol–water partition coefficient (Wildman–Crippen LogP) is 4.22. The average molecular weight is 324 g/mol. The SMILES string of the molecule is CCNCCc1c(C)nc(-c2cc(Cl)cc(Cl)c2)nc1C. The van der Waals surface area contributed by atoms with Gasteiger partial charge in [0.15, 0.2) is 5.82 Å². The Bertz CT molecular complexity index is 598. The second kappa shape index (κ2) is 7.21. The fourth-order valence-corrected chi connectivity index (χ4v) is 2.83. The number of halogens is 2. The third-order valence-corrected chi connectivity index (χ3v) is 3.78. The summed E-state index contributed by atoms with van der Waals surface area (Å²) in [6, 6.07) is 5.37. The van der Waals surface area contributed by atoms with Crippen LogP contribution in [0.3, 0.4) is 0 Å². The molecule has 0 radical (unpaired) electrons. The van der Waals surface area contributed by atoms with Crippen molar-refractivity contribution in [3.05, 3.63) is 45.2 Å². The summed E-state index contributed by atoms with van der Waals surface area (Å²) in [5.41, 5.74) is 4.06. The topological polar surface area (TPSA) is 37.8 Å². The van der Waals surface area contributed by atoms with Crippen LogP contribution in [0.5, 0.6) is 0 Å². The Labute approximate surface area is 135 Å². The van der Waals surface area contributed by atoms with E-state index in [2.05, 4.69) is 22.2 Å². The van der Waals surface area contributed by atoms with Gasteiger partial charge in [0.05, 0.1) is 0 Å². The third-order valence-electron chi connectivity index (χ3n) is 3.34. The standard InChI is InChI=1S/C16H19Cl2N3/c1-4-19-6-5-15-10(2)20-16(21-11(15)3)12-7-13(17)9-14(18)8-12/h7-9,19H,4-6H2,1-3H3. The van der Waals surface area contributed by atoms with Gasteiger partial charge in [-0.15, -0.1) is 0 Å². The Morgan fingerprint density at radius 1 is 1.00 bits per heavy atom. The Morgan fingerprint density at radius 3 is 2.10 bits per heavy atom. The molecule has 0 aliphatic rings. The van der Waals surface area contributed by atoms with Crippen molar-refractivity contribution in [2.75, 3.05) is 13.1 Å². The quantitative estimate of drug-likeness (QED) is 0.837. The van der Waals surface area contributed by atoms with Crippen molar-refractivity contribution in [1.82, 2.24) is 15.3 Å². The Kier molecular flexibility index (Phi) is 5.57. The molecule has 2 aromatic rings. The first-order chi connectivity index (χ1) is 10.0. The lowest BCUT2D eigenvalue weighted by Crippen LogP contribution is -2.17. The normalized spacial score (nSPS) is 10.9. The molecule has 0 atom stereocenters. The zero-order valence-corrected chi connectivity index (χ0v) is 14.0. The molecular weight excluding hydrogens is 305 g/mol. The van der Waals surface area contributed by atoms with Crippen LogP contribution in [0, 0.1) is 13.8 Å². The summed E-state index contributed by atoms with van der Waals surface area (Å²) < 4.78 is 0. The van der Waals surface area contributed by atoms with Gasteiger partial charge in [-0.05, 0) is 57.1 Å². The van der Waals surface area contributed by atoms with Crippen molar-refractivity contribution in [3.8, 4) is 11.4 Å². The molecule has 0 amide bonds. The highest BCUT2D eigenvalue weighted by Gasteiger charge is 2.11. The average Bonchev–Trinajstić information content (AvgIpc) is 2.40. The molecule has 1 aromatic heterocycles. The molecule has 0 aliphatic carbocycles. The molecule has 0 saturated carbocycles. The minimum absolute atomic E-state index is 0.590. The molecule has 112 valence electrons. The zero-order chi connectivity index (χ0) is 15.4. The first kappa shape index (κ1) is 16.2. The monoisotopic (exact) mass is 323 g/mol. The third kappa shape index (κ3) is 4.16. The van der Waals surface area contributed by atoms with Crippen LogP contribution in [-0.4, -0.2) is 23.1 Å². The molecule has 1 aromatic carbocycles. The van der Waals surface area contributed by atoms with E-state index in [1.807, 2.05) is 26.0 Å². The fourth-order valence-electron chi connectivity index (χ4n) is 2.30. The number of nitrogens with one attached hydrogen (secondary N) is 1. The maximum Gasteiger partial charge on any atom is 0.159 e. The van der Waals surface area contributed by atoms with E-state index < -0.39 is 0 Å². The second-order valence-electron chi connectivity index (χ2n) is 4.96. The number of nitrogens with zero attached hydrogens (tertiary/aromatic N) is 2. The molecule has 0 spiro atoms. The molecule has 0 aliphatic heterocycles. The highest BCUT2D eigenvalue weighted by atomic mass is 35.5. The highest BCUT2D eigenvalue weighted by Crippen LogP contribution is 2.26. The van der Waals surface area contributed by atoms with E-state index in [-0.39, 0.29) is 0 Å². The number of aromatic nitrogens is 2. The van der Waals surface area contributed by atoms with Crippen molar-refractivity contribution < 1.29 is 0 Å². The van der Waals surface area contributed by atoms with Crippen LogP contribution in [-0.2, 0) is 6.42 Å². The first-order valence-electron chi connectivity index (χ1n) is 7.02.